The molecule has 0 saturated carbocycles. The fourth-order valence-electron chi connectivity index (χ4n) is 2.02. The first kappa shape index (κ1) is 16.6. The number of nitro benzene ring substituents is 1. The Kier molecular flexibility index (Phi) is 7.18. The molecule has 1 aromatic carbocycles. The lowest BCUT2D eigenvalue weighted by atomic mass is 10.0. The lowest BCUT2D eigenvalue weighted by Gasteiger charge is -2.17. The highest BCUT2D eigenvalue weighted by Gasteiger charge is 2.12. The Morgan fingerprint density at radius 2 is 2.15 bits per heavy atom. The van der Waals surface area contributed by atoms with E-state index in [0.29, 0.717) is 0 Å². The maximum absolute atomic E-state index is 10.8. The molecule has 1 unspecified atom stereocenters. The molecule has 0 aromatic heterocycles. The summed E-state index contributed by atoms with van der Waals surface area (Å²) in [5, 5.41) is 14.2. The van der Waals surface area contributed by atoms with Crippen LogP contribution in [0.3, 0.4) is 0 Å². The van der Waals surface area contributed by atoms with Gasteiger partial charge >= 0.3 is 0 Å². The zero-order valence-electron chi connectivity index (χ0n) is 12.5. The molecule has 5 nitrogen and oxygen atoms in total. The number of nitrogens with zero attached hydrogens (tertiary/aromatic N) is 1. The standard InChI is InChI=1S/C15H24N2O3/c1-4-15(16-9-6-10-20-12(2)3)13-7-5-8-14(11-13)17(18)19/h5,7-8,11-12,15-16H,4,6,9-10H2,1-3H3. The van der Waals surface area contributed by atoms with Crippen LogP contribution in [-0.2, 0) is 4.74 Å². The fraction of sp³-hybridized carbons (Fsp3) is 0.600. The molecular weight excluding hydrogens is 256 g/mol. The van der Waals surface area contributed by atoms with Gasteiger partial charge in [-0.05, 0) is 38.8 Å². The lowest BCUT2D eigenvalue weighted by Crippen LogP contribution is -2.23. The molecule has 0 radical (unpaired) electrons. The summed E-state index contributed by atoms with van der Waals surface area (Å²) in [7, 11) is 0. The average molecular weight is 280 g/mol. The summed E-state index contributed by atoms with van der Waals surface area (Å²) in [6.07, 6.45) is 2.09. The largest absolute Gasteiger partial charge is 0.379 e. The topological polar surface area (TPSA) is 64.4 Å². The Labute approximate surface area is 120 Å². The van der Waals surface area contributed by atoms with Crippen molar-refractivity contribution < 1.29 is 9.66 Å². The predicted molar refractivity (Wildman–Crippen MR) is 79.8 cm³/mol. The fourth-order valence-corrected chi connectivity index (χ4v) is 2.02. The molecule has 0 amide bonds. The van der Waals surface area contributed by atoms with Crippen LogP contribution in [0.25, 0.3) is 0 Å². The summed E-state index contributed by atoms with van der Waals surface area (Å²) in [4.78, 5) is 10.4. The van der Waals surface area contributed by atoms with E-state index in [4.69, 9.17) is 4.74 Å². The van der Waals surface area contributed by atoms with Crippen molar-refractivity contribution in [3.05, 3.63) is 39.9 Å². The predicted octanol–water partition coefficient (Wildman–Crippen LogP) is 3.45. The van der Waals surface area contributed by atoms with Gasteiger partial charge in [-0.15, -0.1) is 0 Å². The van der Waals surface area contributed by atoms with E-state index in [1.165, 1.54) is 6.07 Å². The Morgan fingerprint density at radius 1 is 1.40 bits per heavy atom. The molecular formula is C15H24N2O3. The highest BCUT2D eigenvalue weighted by Crippen LogP contribution is 2.21. The molecule has 0 bridgehead atoms. The Balaban J connectivity index is 2.49. The number of non-ortho nitro benzene ring substituents is 1. The second kappa shape index (κ2) is 8.66. The second-order valence-electron chi connectivity index (χ2n) is 5.04. The maximum Gasteiger partial charge on any atom is 0.269 e. The van der Waals surface area contributed by atoms with Crippen LogP contribution in [0.15, 0.2) is 24.3 Å². The molecule has 1 N–H and O–H groups in total. The zero-order chi connectivity index (χ0) is 15.0. The van der Waals surface area contributed by atoms with Gasteiger partial charge in [-0.25, -0.2) is 0 Å². The zero-order valence-corrected chi connectivity index (χ0v) is 12.5. The van der Waals surface area contributed by atoms with Gasteiger partial charge in [0.05, 0.1) is 11.0 Å². The normalized spacial score (nSPS) is 12.6. The van der Waals surface area contributed by atoms with E-state index in [2.05, 4.69) is 12.2 Å². The van der Waals surface area contributed by atoms with Crippen molar-refractivity contribution in [1.82, 2.24) is 5.32 Å². The van der Waals surface area contributed by atoms with Crippen molar-refractivity contribution in [2.75, 3.05) is 13.2 Å². The van der Waals surface area contributed by atoms with E-state index in [9.17, 15) is 10.1 Å². The van der Waals surface area contributed by atoms with Crippen LogP contribution in [0.2, 0.25) is 0 Å². The highest BCUT2D eigenvalue weighted by molar-refractivity contribution is 5.35. The molecule has 0 aliphatic rings. The molecule has 0 aliphatic carbocycles. The summed E-state index contributed by atoms with van der Waals surface area (Å²) in [5.41, 5.74) is 1.11. The first-order valence-corrected chi connectivity index (χ1v) is 7.14. The van der Waals surface area contributed by atoms with E-state index in [0.717, 1.165) is 31.6 Å². The SMILES string of the molecule is CCC(NCCCOC(C)C)c1cccc([N+](=O)[O-])c1. The van der Waals surface area contributed by atoms with Gasteiger partial charge in [0.2, 0.25) is 0 Å². The quantitative estimate of drug-likeness (QED) is 0.427. The first-order chi connectivity index (χ1) is 9.54. The second-order valence-corrected chi connectivity index (χ2v) is 5.04. The van der Waals surface area contributed by atoms with Crippen LogP contribution < -0.4 is 5.32 Å². The summed E-state index contributed by atoms with van der Waals surface area (Å²) >= 11 is 0. The van der Waals surface area contributed by atoms with Gasteiger partial charge < -0.3 is 10.1 Å². The number of benzene rings is 1. The van der Waals surface area contributed by atoms with Gasteiger partial charge in [0.25, 0.3) is 5.69 Å². The number of nitro groups is 1. The molecule has 5 heteroatoms. The van der Waals surface area contributed by atoms with Crippen molar-refractivity contribution in [1.29, 1.82) is 0 Å². The van der Waals surface area contributed by atoms with Crippen molar-refractivity contribution in [3.63, 3.8) is 0 Å². The van der Waals surface area contributed by atoms with E-state index in [1.807, 2.05) is 19.9 Å². The molecule has 1 aromatic rings. The van der Waals surface area contributed by atoms with Gasteiger partial charge in [0.15, 0.2) is 0 Å². The van der Waals surface area contributed by atoms with E-state index >= 15 is 0 Å². The van der Waals surface area contributed by atoms with Crippen molar-refractivity contribution in [3.8, 4) is 0 Å². The third kappa shape index (κ3) is 5.67. The van der Waals surface area contributed by atoms with Crippen molar-refractivity contribution >= 4 is 5.69 Å². The van der Waals surface area contributed by atoms with Crippen molar-refractivity contribution in [2.45, 2.75) is 45.8 Å². The summed E-state index contributed by atoms with van der Waals surface area (Å²) in [5.74, 6) is 0. The summed E-state index contributed by atoms with van der Waals surface area (Å²) < 4.78 is 5.48. The molecule has 0 spiro atoms. The molecule has 0 saturated heterocycles. The lowest BCUT2D eigenvalue weighted by molar-refractivity contribution is -0.384. The third-order valence-electron chi connectivity index (χ3n) is 3.05. The minimum Gasteiger partial charge on any atom is -0.379 e. The highest BCUT2D eigenvalue weighted by atomic mass is 16.6. The molecule has 0 aliphatic heterocycles. The number of hydrogen-bond donors (Lipinski definition) is 1. The molecule has 1 atom stereocenters. The maximum atomic E-state index is 10.8. The van der Waals surface area contributed by atoms with Gasteiger partial charge in [-0.1, -0.05) is 19.1 Å². The Hall–Kier alpha value is -1.46. The summed E-state index contributed by atoms with van der Waals surface area (Å²) in [6.45, 7) is 7.68. The number of ether oxygens (including phenoxy) is 1. The number of rotatable bonds is 9. The van der Waals surface area contributed by atoms with E-state index < -0.39 is 0 Å². The van der Waals surface area contributed by atoms with Crippen LogP contribution in [0.1, 0.15) is 45.2 Å². The van der Waals surface area contributed by atoms with Crippen LogP contribution in [0.4, 0.5) is 5.69 Å². The minimum absolute atomic E-state index is 0.144. The Bertz CT molecular complexity index is 421. The van der Waals surface area contributed by atoms with Gasteiger partial charge in [-0.2, -0.15) is 0 Å². The minimum atomic E-state index is -0.354. The van der Waals surface area contributed by atoms with Crippen LogP contribution in [0.5, 0.6) is 0 Å². The number of hydrogen-bond acceptors (Lipinski definition) is 4. The van der Waals surface area contributed by atoms with E-state index in [-0.39, 0.29) is 22.8 Å². The molecule has 20 heavy (non-hydrogen) atoms. The molecule has 0 fully saturated rings. The summed E-state index contributed by atoms with van der Waals surface area (Å²) in [6, 6.07) is 6.98. The van der Waals surface area contributed by atoms with Crippen LogP contribution >= 0.6 is 0 Å². The monoisotopic (exact) mass is 280 g/mol. The molecule has 0 heterocycles. The van der Waals surface area contributed by atoms with E-state index in [1.54, 1.807) is 12.1 Å². The number of nitrogens with one attached hydrogen (secondary N) is 1. The smallest absolute Gasteiger partial charge is 0.269 e. The van der Waals surface area contributed by atoms with Crippen LogP contribution in [-0.4, -0.2) is 24.2 Å². The van der Waals surface area contributed by atoms with Gasteiger partial charge in [0.1, 0.15) is 0 Å². The van der Waals surface area contributed by atoms with Crippen LogP contribution in [0, 0.1) is 10.1 Å². The van der Waals surface area contributed by atoms with Gasteiger partial charge in [-0.3, -0.25) is 10.1 Å². The first-order valence-electron chi connectivity index (χ1n) is 7.14. The average Bonchev–Trinajstić information content (AvgIpc) is 2.42. The molecule has 1 rings (SSSR count). The van der Waals surface area contributed by atoms with Gasteiger partial charge in [0, 0.05) is 24.8 Å². The molecule has 112 valence electrons. The third-order valence-corrected chi connectivity index (χ3v) is 3.05. The van der Waals surface area contributed by atoms with Crippen molar-refractivity contribution in [2.24, 2.45) is 0 Å². The Morgan fingerprint density at radius 3 is 2.75 bits per heavy atom.